The molecule has 116 valence electrons. The number of hydrogen-bond acceptors (Lipinski definition) is 4. The van der Waals surface area contributed by atoms with Crippen LogP contribution in [0.25, 0.3) is 0 Å². The third kappa shape index (κ3) is 4.44. The van der Waals surface area contributed by atoms with E-state index in [1.54, 1.807) is 26.2 Å². The number of phenols is 1. The van der Waals surface area contributed by atoms with Crippen molar-refractivity contribution in [2.45, 2.75) is 25.9 Å². The van der Waals surface area contributed by atoms with Gasteiger partial charge in [0.15, 0.2) is 0 Å². The molecule has 1 heterocycles. The van der Waals surface area contributed by atoms with Crippen molar-refractivity contribution in [1.82, 2.24) is 10.2 Å². The van der Waals surface area contributed by atoms with E-state index in [9.17, 15) is 9.90 Å². The van der Waals surface area contributed by atoms with Gasteiger partial charge in [0.2, 0.25) is 0 Å². The number of phenolic OH excluding ortho intramolecular Hbond substituents is 1. The number of piperidine rings is 1. The van der Waals surface area contributed by atoms with Crippen molar-refractivity contribution in [3.05, 3.63) is 29.3 Å². The van der Waals surface area contributed by atoms with Crippen LogP contribution in [0.15, 0.2) is 18.2 Å². The zero-order valence-electron chi connectivity index (χ0n) is 12.8. The molecule has 0 radical (unpaired) electrons. The highest BCUT2D eigenvalue weighted by Gasteiger charge is 2.18. The molecular weight excluding hydrogens is 268 g/mol. The van der Waals surface area contributed by atoms with Crippen molar-refractivity contribution < 1.29 is 14.6 Å². The van der Waals surface area contributed by atoms with Crippen molar-refractivity contribution in [2.24, 2.45) is 0 Å². The van der Waals surface area contributed by atoms with Crippen LogP contribution in [0.1, 0.15) is 28.8 Å². The Morgan fingerprint density at radius 2 is 2.14 bits per heavy atom. The Labute approximate surface area is 125 Å². The predicted molar refractivity (Wildman–Crippen MR) is 81.6 cm³/mol. The maximum absolute atomic E-state index is 12.0. The van der Waals surface area contributed by atoms with Crippen molar-refractivity contribution in [3.8, 4) is 5.75 Å². The molecule has 1 saturated heterocycles. The maximum Gasteiger partial charge on any atom is 0.251 e. The number of nitrogens with zero attached hydrogens (tertiary/aromatic N) is 1. The van der Waals surface area contributed by atoms with Gasteiger partial charge in [-0.15, -0.1) is 0 Å². The van der Waals surface area contributed by atoms with E-state index in [2.05, 4.69) is 10.2 Å². The summed E-state index contributed by atoms with van der Waals surface area (Å²) in [6.45, 7) is 5.30. The first kappa shape index (κ1) is 15.8. The third-order valence-corrected chi connectivity index (χ3v) is 4.05. The molecule has 21 heavy (non-hydrogen) atoms. The van der Waals surface area contributed by atoms with Crippen molar-refractivity contribution in [1.29, 1.82) is 0 Å². The molecule has 2 rings (SSSR count). The van der Waals surface area contributed by atoms with Crippen LogP contribution in [0, 0.1) is 6.92 Å². The molecule has 0 saturated carbocycles. The number of hydrogen-bond donors (Lipinski definition) is 2. The number of nitrogens with one attached hydrogen (secondary N) is 1. The Balaban J connectivity index is 1.73. The summed E-state index contributed by atoms with van der Waals surface area (Å²) < 4.78 is 5.34. The number of rotatable bonds is 5. The second-order valence-corrected chi connectivity index (χ2v) is 5.53. The zero-order valence-corrected chi connectivity index (χ0v) is 12.8. The molecule has 1 amide bonds. The average Bonchev–Trinajstić information content (AvgIpc) is 2.50. The Bertz CT molecular complexity index is 482. The molecular formula is C16H24N2O3. The Morgan fingerprint density at radius 3 is 2.76 bits per heavy atom. The van der Waals surface area contributed by atoms with Gasteiger partial charge >= 0.3 is 0 Å². The van der Waals surface area contributed by atoms with Gasteiger partial charge in [0, 0.05) is 38.9 Å². The Hall–Kier alpha value is -1.59. The van der Waals surface area contributed by atoms with E-state index in [4.69, 9.17) is 4.74 Å². The van der Waals surface area contributed by atoms with Crippen LogP contribution in [0.4, 0.5) is 0 Å². The van der Waals surface area contributed by atoms with Gasteiger partial charge in [-0.3, -0.25) is 4.79 Å². The van der Waals surface area contributed by atoms with Gasteiger partial charge in [-0.2, -0.15) is 0 Å². The van der Waals surface area contributed by atoms with Gasteiger partial charge in [0.05, 0.1) is 6.10 Å². The molecule has 0 unspecified atom stereocenters. The van der Waals surface area contributed by atoms with E-state index >= 15 is 0 Å². The number of methoxy groups -OCH3 is 1. The molecule has 0 atom stereocenters. The molecule has 5 nitrogen and oxygen atoms in total. The molecule has 1 fully saturated rings. The molecule has 5 heteroatoms. The Kier molecular flexibility index (Phi) is 5.59. The van der Waals surface area contributed by atoms with Gasteiger partial charge in [-0.1, -0.05) is 6.07 Å². The normalized spacial score (nSPS) is 16.9. The van der Waals surface area contributed by atoms with Gasteiger partial charge in [0.1, 0.15) is 5.75 Å². The first-order valence-electron chi connectivity index (χ1n) is 7.43. The molecule has 1 aliphatic heterocycles. The van der Waals surface area contributed by atoms with Crippen LogP contribution in [-0.2, 0) is 4.74 Å². The highest BCUT2D eigenvalue weighted by Crippen LogP contribution is 2.17. The van der Waals surface area contributed by atoms with E-state index in [1.165, 1.54) is 6.07 Å². The van der Waals surface area contributed by atoms with Crippen LogP contribution < -0.4 is 5.32 Å². The van der Waals surface area contributed by atoms with Crippen LogP contribution in [0.2, 0.25) is 0 Å². The average molecular weight is 292 g/mol. The van der Waals surface area contributed by atoms with Crippen LogP contribution in [-0.4, -0.2) is 55.3 Å². The summed E-state index contributed by atoms with van der Waals surface area (Å²) in [5.74, 6) is 0.0152. The predicted octanol–water partition coefficient (Wildman–Crippen LogP) is 1.54. The summed E-state index contributed by atoms with van der Waals surface area (Å²) in [6.07, 6.45) is 2.48. The summed E-state index contributed by atoms with van der Waals surface area (Å²) in [5, 5.41) is 12.5. The summed E-state index contributed by atoms with van der Waals surface area (Å²) in [6, 6.07) is 4.99. The quantitative estimate of drug-likeness (QED) is 0.864. The molecule has 0 bridgehead atoms. The highest BCUT2D eigenvalue weighted by atomic mass is 16.5. The molecule has 0 spiro atoms. The molecule has 1 aliphatic rings. The molecule has 0 aliphatic carbocycles. The summed E-state index contributed by atoms with van der Waals surface area (Å²) in [4.78, 5) is 14.3. The maximum atomic E-state index is 12.0. The number of aryl methyl sites for hydroxylation is 1. The highest BCUT2D eigenvalue weighted by molar-refractivity contribution is 5.94. The third-order valence-electron chi connectivity index (χ3n) is 4.05. The first-order chi connectivity index (χ1) is 10.1. The molecule has 0 aromatic heterocycles. The van der Waals surface area contributed by atoms with Crippen molar-refractivity contribution in [3.63, 3.8) is 0 Å². The minimum absolute atomic E-state index is 0.142. The molecule has 2 N–H and O–H groups in total. The fourth-order valence-electron chi connectivity index (χ4n) is 2.55. The van der Waals surface area contributed by atoms with E-state index in [0.717, 1.165) is 38.0 Å². The number of carbonyl (C=O) groups is 1. The number of likely N-dealkylation sites (tertiary alicyclic amines) is 1. The lowest BCUT2D eigenvalue weighted by molar-refractivity contribution is 0.0413. The van der Waals surface area contributed by atoms with Gasteiger partial charge < -0.3 is 20.1 Å². The standard InChI is InChI=1S/C16H24N2O3/c1-12-3-4-13(11-15(12)19)16(20)17-7-10-18-8-5-14(21-2)6-9-18/h3-4,11,14,19H,5-10H2,1-2H3,(H,17,20). The lowest BCUT2D eigenvalue weighted by atomic mass is 10.1. The second kappa shape index (κ2) is 7.43. The lowest BCUT2D eigenvalue weighted by Gasteiger charge is -2.31. The van der Waals surface area contributed by atoms with E-state index in [1.807, 2.05) is 0 Å². The fraction of sp³-hybridized carbons (Fsp3) is 0.562. The number of aromatic hydroxyl groups is 1. The summed E-state index contributed by atoms with van der Waals surface area (Å²) in [7, 11) is 1.76. The summed E-state index contributed by atoms with van der Waals surface area (Å²) in [5.41, 5.74) is 1.27. The SMILES string of the molecule is COC1CCN(CCNC(=O)c2ccc(C)c(O)c2)CC1. The van der Waals surface area contributed by atoms with E-state index in [0.29, 0.717) is 18.2 Å². The lowest BCUT2D eigenvalue weighted by Crippen LogP contribution is -2.41. The van der Waals surface area contributed by atoms with Crippen molar-refractivity contribution >= 4 is 5.91 Å². The molecule has 1 aromatic carbocycles. The number of amides is 1. The van der Waals surface area contributed by atoms with Gasteiger partial charge in [-0.05, 0) is 37.5 Å². The number of benzene rings is 1. The first-order valence-corrected chi connectivity index (χ1v) is 7.43. The smallest absolute Gasteiger partial charge is 0.251 e. The fourth-order valence-corrected chi connectivity index (χ4v) is 2.55. The minimum atomic E-state index is -0.142. The topological polar surface area (TPSA) is 61.8 Å². The van der Waals surface area contributed by atoms with Crippen LogP contribution in [0.3, 0.4) is 0 Å². The van der Waals surface area contributed by atoms with Gasteiger partial charge in [-0.25, -0.2) is 0 Å². The largest absolute Gasteiger partial charge is 0.508 e. The second-order valence-electron chi connectivity index (χ2n) is 5.53. The van der Waals surface area contributed by atoms with Crippen molar-refractivity contribution in [2.75, 3.05) is 33.3 Å². The van der Waals surface area contributed by atoms with Crippen LogP contribution >= 0.6 is 0 Å². The molecule has 1 aromatic rings. The minimum Gasteiger partial charge on any atom is -0.508 e. The zero-order chi connectivity index (χ0) is 15.2. The summed E-state index contributed by atoms with van der Waals surface area (Å²) >= 11 is 0. The van der Waals surface area contributed by atoms with E-state index in [-0.39, 0.29) is 11.7 Å². The number of carbonyl (C=O) groups excluding carboxylic acids is 1. The Morgan fingerprint density at radius 1 is 1.43 bits per heavy atom. The van der Waals surface area contributed by atoms with E-state index < -0.39 is 0 Å². The number of ether oxygens (including phenoxy) is 1. The van der Waals surface area contributed by atoms with Crippen LogP contribution in [0.5, 0.6) is 5.75 Å². The van der Waals surface area contributed by atoms with Gasteiger partial charge in [0.25, 0.3) is 5.91 Å². The monoisotopic (exact) mass is 292 g/mol.